The van der Waals surface area contributed by atoms with E-state index in [1.165, 1.54) is 17.7 Å². The van der Waals surface area contributed by atoms with Gasteiger partial charge in [0.1, 0.15) is 12.2 Å². The number of rotatable bonds is 4. The van der Waals surface area contributed by atoms with Crippen molar-refractivity contribution in [2.75, 3.05) is 0 Å². The average molecular weight is 301 g/mol. The van der Waals surface area contributed by atoms with Gasteiger partial charge in [0.15, 0.2) is 0 Å². The number of hydrogen-bond acceptors (Lipinski definition) is 5. The molecule has 0 aliphatic carbocycles. The van der Waals surface area contributed by atoms with Crippen LogP contribution in [0.1, 0.15) is 36.1 Å². The summed E-state index contributed by atoms with van der Waals surface area (Å²) in [6.45, 7) is 4.62. The summed E-state index contributed by atoms with van der Waals surface area (Å²) in [4.78, 5) is 20.9. The van der Waals surface area contributed by atoms with Gasteiger partial charge in [-0.1, -0.05) is 6.07 Å². The normalized spacial score (nSPS) is 12.5. The highest BCUT2D eigenvalue weighted by Gasteiger charge is 2.18. The molecule has 3 aromatic rings. The first-order chi connectivity index (χ1) is 10.2. The van der Waals surface area contributed by atoms with E-state index in [2.05, 4.69) is 20.4 Å². The number of fused-ring (bicyclic) bond motifs is 1. The lowest BCUT2D eigenvalue weighted by atomic mass is 10.2. The van der Waals surface area contributed by atoms with Crippen LogP contribution in [0.3, 0.4) is 0 Å². The number of amides is 1. The van der Waals surface area contributed by atoms with Gasteiger partial charge in [0, 0.05) is 6.54 Å². The number of carbonyl (C=O) groups is 1. The van der Waals surface area contributed by atoms with Gasteiger partial charge < -0.3 is 5.32 Å². The quantitative estimate of drug-likeness (QED) is 0.803. The zero-order chi connectivity index (χ0) is 14.8. The number of nitrogens with zero attached hydrogens (tertiary/aromatic N) is 4. The molecule has 0 saturated heterocycles. The van der Waals surface area contributed by atoms with Crippen LogP contribution in [-0.2, 0) is 6.54 Å². The molecule has 1 atom stereocenters. The van der Waals surface area contributed by atoms with Crippen LogP contribution in [-0.4, -0.2) is 25.7 Å². The Bertz CT molecular complexity index is 778. The van der Waals surface area contributed by atoms with Gasteiger partial charge in [0.25, 0.3) is 5.91 Å². The van der Waals surface area contributed by atoms with Gasteiger partial charge in [-0.15, -0.1) is 11.3 Å². The smallest absolute Gasteiger partial charge is 0.253 e. The molecule has 2 aromatic heterocycles. The largest absolute Gasteiger partial charge is 0.342 e. The van der Waals surface area contributed by atoms with Gasteiger partial charge in [-0.25, -0.2) is 14.6 Å². The van der Waals surface area contributed by atoms with Crippen molar-refractivity contribution in [3.8, 4) is 0 Å². The first-order valence-corrected chi connectivity index (χ1v) is 7.59. The van der Waals surface area contributed by atoms with Crippen molar-refractivity contribution in [1.82, 2.24) is 25.1 Å². The summed E-state index contributed by atoms with van der Waals surface area (Å²) >= 11 is 1.47. The van der Waals surface area contributed by atoms with E-state index in [0.29, 0.717) is 5.56 Å². The molecule has 108 valence electrons. The maximum Gasteiger partial charge on any atom is 0.253 e. The van der Waals surface area contributed by atoms with Crippen LogP contribution in [0.5, 0.6) is 0 Å². The molecule has 0 aliphatic heterocycles. The van der Waals surface area contributed by atoms with E-state index in [-0.39, 0.29) is 11.9 Å². The fourth-order valence-corrected chi connectivity index (χ4v) is 3.06. The van der Waals surface area contributed by atoms with Crippen LogP contribution in [0.2, 0.25) is 0 Å². The summed E-state index contributed by atoms with van der Waals surface area (Å²) in [6.07, 6.45) is 1.51. The van der Waals surface area contributed by atoms with E-state index in [4.69, 9.17) is 0 Å². The molecular formula is C14H15N5OS. The van der Waals surface area contributed by atoms with Crippen LogP contribution in [0.4, 0.5) is 0 Å². The molecular weight excluding hydrogens is 286 g/mol. The molecule has 0 saturated carbocycles. The fourth-order valence-electron chi connectivity index (χ4n) is 2.26. The van der Waals surface area contributed by atoms with E-state index in [1.807, 2.05) is 32.0 Å². The van der Waals surface area contributed by atoms with Crippen LogP contribution in [0, 0.1) is 0 Å². The molecule has 7 heteroatoms. The van der Waals surface area contributed by atoms with Crippen molar-refractivity contribution >= 4 is 27.5 Å². The van der Waals surface area contributed by atoms with Crippen LogP contribution in [0.15, 0.2) is 30.0 Å². The molecule has 1 N–H and O–H groups in total. The van der Waals surface area contributed by atoms with E-state index in [1.54, 1.807) is 10.2 Å². The average Bonchev–Trinajstić information content (AvgIpc) is 3.14. The molecule has 0 radical (unpaired) electrons. The van der Waals surface area contributed by atoms with Gasteiger partial charge in [0.05, 0.1) is 27.3 Å². The maximum absolute atomic E-state index is 12.5. The Morgan fingerprint density at radius 3 is 3.10 bits per heavy atom. The molecule has 0 fully saturated rings. The third kappa shape index (κ3) is 2.52. The lowest BCUT2D eigenvalue weighted by Crippen LogP contribution is -2.28. The van der Waals surface area contributed by atoms with Gasteiger partial charge >= 0.3 is 0 Å². The van der Waals surface area contributed by atoms with Crippen LogP contribution in [0.25, 0.3) is 10.2 Å². The van der Waals surface area contributed by atoms with E-state index in [0.717, 1.165) is 22.6 Å². The van der Waals surface area contributed by atoms with E-state index >= 15 is 0 Å². The monoisotopic (exact) mass is 301 g/mol. The van der Waals surface area contributed by atoms with Crippen molar-refractivity contribution in [2.45, 2.75) is 26.4 Å². The molecule has 0 bridgehead atoms. The summed E-state index contributed by atoms with van der Waals surface area (Å²) in [7, 11) is 0. The Kier molecular flexibility index (Phi) is 3.66. The molecule has 2 heterocycles. The second kappa shape index (κ2) is 5.61. The molecule has 3 rings (SSSR count). The number of thiazole rings is 1. The van der Waals surface area contributed by atoms with Gasteiger partial charge in [-0.05, 0) is 26.0 Å². The van der Waals surface area contributed by atoms with Crippen molar-refractivity contribution < 1.29 is 4.79 Å². The minimum atomic E-state index is -0.205. The second-order valence-corrected chi connectivity index (χ2v) is 5.49. The fraction of sp³-hybridized carbons (Fsp3) is 0.286. The highest BCUT2D eigenvalue weighted by atomic mass is 32.1. The first kappa shape index (κ1) is 13.7. The summed E-state index contributed by atoms with van der Waals surface area (Å²) in [6, 6.07) is 5.35. The Morgan fingerprint density at radius 2 is 2.29 bits per heavy atom. The van der Waals surface area contributed by atoms with Crippen molar-refractivity contribution in [3.63, 3.8) is 0 Å². The minimum Gasteiger partial charge on any atom is -0.342 e. The highest BCUT2D eigenvalue weighted by molar-refractivity contribution is 7.17. The van der Waals surface area contributed by atoms with Gasteiger partial charge in [-0.3, -0.25) is 4.79 Å². The topological polar surface area (TPSA) is 72.7 Å². The first-order valence-electron chi connectivity index (χ1n) is 6.71. The Morgan fingerprint density at radius 1 is 1.43 bits per heavy atom. The van der Waals surface area contributed by atoms with Crippen molar-refractivity contribution in [3.05, 3.63) is 41.4 Å². The lowest BCUT2D eigenvalue weighted by molar-refractivity contribution is 0.0939. The molecule has 1 amide bonds. The summed E-state index contributed by atoms with van der Waals surface area (Å²) in [5.41, 5.74) is 3.24. The third-order valence-corrected chi connectivity index (χ3v) is 4.16. The molecule has 1 aromatic carbocycles. The van der Waals surface area contributed by atoms with E-state index in [9.17, 15) is 4.79 Å². The standard InChI is InChI=1S/C14H15N5OS/c1-3-19-13(15-7-17-19)9(2)18-14(20)10-5-4-6-11-12(10)21-8-16-11/h4-9H,3H2,1-2H3,(H,18,20). The molecule has 0 spiro atoms. The molecule has 1 unspecified atom stereocenters. The number of benzene rings is 1. The summed E-state index contributed by atoms with van der Waals surface area (Å²) < 4.78 is 2.68. The van der Waals surface area contributed by atoms with Crippen molar-refractivity contribution in [1.29, 1.82) is 0 Å². The molecule has 6 nitrogen and oxygen atoms in total. The lowest BCUT2D eigenvalue weighted by Gasteiger charge is -2.14. The highest BCUT2D eigenvalue weighted by Crippen LogP contribution is 2.22. The Hall–Kier alpha value is -2.28. The Labute approximate surface area is 125 Å². The van der Waals surface area contributed by atoms with E-state index < -0.39 is 0 Å². The number of aryl methyl sites for hydroxylation is 1. The number of nitrogens with one attached hydrogen (secondary N) is 1. The van der Waals surface area contributed by atoms with Crippen LogP contribution >= 0.6 is 11.3 Å². The van der Waals surface area contributed by atoms with Crippen LogP contribution < -0.4 is 5.32 Å². The number of aromatic nitrogens is 4. The van der Waals surface area contributed by atoms with Crippen molar-refractivity contribution in [2.24, 2.45) is 0 Å². The molecule has 0 aliphatic rings. The predicted molar refractivity (Wildman–Crippen MR) is 81.2 cm³/mol. The number of hydrogen-bond donors (Lipinski definition) is 1. The minimum absolute atomic E-state index is 0.122. The second-order valence-electron chi connectivity index (χ2n) is 4.64. The molecule has 21 heavy (non-hydrogen) atoms. The number of carbonyl (C=O) groups excluding carboxylic acids is 1. The SMILES string of the molecule is CCn1ncnc1C(C)NC(=O)c1cccc2ncsc12. The zero-order valence-electron chi connectivity index (χ0n) is 11.8. The van der Waals surface area contributed by atoms with Gasteiger partial charge in [-0.2, -0.15) is 5.10 Å². The zero-order valence-corrected chi connectivity index (χ0v) is 12.6. The third-order valence-electron chi connectivity index (χ3n) is 3.28. The summed E-state index contributed by atoms with van der Waals surface area (Å²) in [5, 5.41) is 7.10. The van der Waals surface area contributed by atoms with Gasteiger partial charge in [0.2, 0.25) is 0 Å². The summed E-state index contributed by atoms with van der Waals surface area (Å²) in [5.74, 6) is 0.630. The predicted octanol–water partition coefficient (Wildman–Crippen LogP) is 2.40. The Balaban J connectivity index is 1.85. The maximum atomic E-state index is 12.5.